The van der Waals surface area contributed by atoms with Crippen LogP contribution in [-0.2, 0) is 0 Å². The van der Waals surface area contributed by atoms with Crippen molar-refractivity contribution < 1.29 is 4.39 Å². The Hall–Kier alpha value is -0.820. The zero-order valence-corrected chi connectivity index (χ0v) is 16.8. The maximum atomic E-state index is 13.7. The Morgan fingerprint density at radius 3 is 1.96 bits per heavy atom. The number of halogens is 2. The Morgan fingerprint density at radius 2 is 1.42 bits per heavy atom. The zero-order chi connectivity index (χ0) is 18.4. The third kappa shape index (κ3) is 5.59. The van der Waals surface area contributed by atoms with Crippen molar-refractivity contribution in [1.82, 2.24) is 0 Å². The summed E-state index contributed by atoms with van der Waals surface area (Å²) in [4.78, 5) is 0. The van der Waals surface area contributed by atoms with E-state index in [1.165, 1.54) is 77.0 Å². The number of benzene rings is 1. The van der Waals surface area contributed by atoms with E-state index in [2.05, 4.69) is 12.7 Å². The molecule has 1 aromatic rings. The molecule has 0 aliphatic heterocycles. The average Bonchev–Trinajstić information content (AvgIpc) is 2.68. The SMILES string of the molecule is C=CCCC1CCC(CCC2CCC(c3ccc(Cl)c(F)c3)CC2)CC1. The normalized spacial score (nSPS) is 29.5. The van der Waals surface area contributed by atoms with Crippen molar-refractivity contribution in [3.63, 3.8) is 0 Å². The van der Waals surface area contributed by atoms with Crippen LogP contribution in [0.15, 0.2) is 30.9 Å². The number of allylic oxidation sites excluding steroid dienone is 1. The maximum Gasteiger partial charge on any atom is 0.142 e. The Morgan fingerprint density at radius 1 is 0.885 bits per heavy atom. The van der Waals surface area contributed by atoms with Crippen LogP contribution in [0.1, 0.15) is 88.5 Å². The van der Waals surface area contributed by atoms with E-state index >= 15 is 0 Å². The van der Waals surface area contributed by atoms with E-state index in [1.54, 1.807) is 12.1 Å². The molecule has 0 unspecified atom stereocenters. The van der Waals surface area contributed by atoms with Gasteiger partial charge in [0.15, 0.2) is 0 Å². The molecule has 2 heteroatoms. The summed E-state index contributed by atoms with van der Waals surface area (Å²) in [6, 6.07) is 5.38. The molecule has 0 radical (unpaired) electrons. The van der Waals surface area contributed by atoms with Crippen LogP contribution in [0.25, 0.3) is 0 Å². The Bertz CT molecular complexity index is 566. The van der Waals surface area contributed by atoms with Gasteiger partial charge in [-0.1, -0.05) is 62.3 Å². The Labute approximate surface area is 164 Å². The van der Waals surface area contributed by atoms with Gasteiger partial charge in [-0.05, 0) is 79.9 Å². The third-order valence-corrected chi connectivity index (χ3v) is 7.30. The van der Waals surface area contributed by atoms with Gasteiger partial charge in [-0.15, -0.1) is 6.58 Å². The van der Waals surface area contributed by atoms with E-state index in [0.29, 0.717) is 5.92 Å². The van der Waals surface area contributed by atoms with Crippen LogP contribution < -0.4 is 0 Å². The van der Waals surface area contributed by atoms with Gasteiger partial charge in [-0.2, -0.15) is 0 Å². The molecule has 0 bridgehead atoms. The highest BCUT2D eigenvalue weighted by Crippen LogP contribution is 2.40. The van der Waals surface area contributed by atoms with Gasteiger partial charge >= 0.3 is 0 Å². The van der Waals surface area contributed by atoms with E-state index < -0.39 is 0 Å². The molecule has 144 valence electrons. The molecule has 0 nitrogen and oxygen atoms in total. The molecule has 0 saturated heterocycles. The van der Waals surface area contributed by atoms with Crippen LogP contribution >= 0.6 is 11.6 Å². The lowest BCUT2D eigenvalue weighted by Crippen LogP contribution is -2.17. The molecule has 2 aliphatic rings. The maximum absolute atomic E-state index is 13.7. The lowest BCUT2D eigenvalue weighted by atomic mass is 9.74. The summed E-state index contributed by atoms with van der Waals surface area (Å²) in [5.41, 5.74) is 1.14. The third-order valence-electron chi connectivity index (χ3n) is 6.99. The fourth-order valence-corrected chi connectivity index (χ4v) is 5.30. The first-order valence-electron chi connectivity index (χ1n) is 10.7. The van der Waals surface area contributed by atoms with Gasteiger partial charge < -0.3 is 0 Å². The molecule has 0 atom stereocenters. The van der Waals surface area contributed by atoms with Crippen LogP contribution in [0, 0.1) is 23.6 Å². The molecule has 2 aliphatic carbocycles. The molecule has 0 amide bonds. The van der Waals surface area contributed by atoms with Gasteiger partial charge in [0.1, 0.15) is 5.82 Å². The van der Waals surface area contributed by atoms with E-state index in [9.17, 15) is 4.39 Å². The van der Waals surface area contributed by atoms with Gasteiger partial charge in [-0.3, -0.25) is 0 Å². The minimum absolute atomic E-state index is 0.238. The molecular formula is C24H34ClF. The summed E-state index contributed by atoms with van der Waals surface area (Å²) in [6.45, 7) is 3.85. The van der Waals surface area contributed by atoms with Crippen LogP contribution in [0.5, 0.6) is 0 Å². The largest absolute Gasteiger partial charge is 0.205 e. The molecule has 1 aromatic carbocycles. The molecule has 0 aromatic heterocycles. The number of hydrogen-bond acceptors (Lipinski definition) is 0. The topological polar surface area (TPSA) is 0 Å². The van der Waals surface area contributed by atoms with E-state index in [1.807, 2.05) is 6.07 Å². The lowest BCUT2D eigenvalue weighted by Gasteiger charge is -2.32. The summed E-state index contributed by atoms with van der Waals surface area (Å²) in [5, 5.41) is 0.238. The number of rotatable bonds is 7. The van der Waals surface area contributed by atoms with Crippen molar-refractivity contribution in [2.75, 3.05) is 0 Å². The van der Waals surface area contributed by atoms with Gasteiger partial charge in [-0.25, -0.2) is 4.39 Å². The van der Waals surface area contributed by atoms with Crippen molar-refractivity contribution in [3.05, 3.63) is 47.3 Å². The predicted molar refractivity (Wildman–Crippen MR) is 110 cm³/mol. The summed E-state index contributed by atoms with van der Waals surface area (Å²) in [7, 11) is 0. The zero-order valence-electron chi connectivity index (χ0n) is 16.1. The first-order chi connectivity index (χ1) is 12.7. The van der Waals surface area contributed by atoms with Crippen LogP contribution in [0.3, 0.4) is 0 Å². The van der Waals surface area contributed by atoms with E-state index in [0.717, 1.165) is 23.3 Å². The summed E-state index contributed by atoms with van der Waals surface area (Å²) in [5.74, 6) is 3.08. The second-order valence-electron chi connectivity index (χ2n) is 8.72. The number of hydrogen-bond donors (Lipinski definition) is 0. The standard InChI is InChI=1S/C24H34ClF/c1-2-3-4-18-5-7-19(8-6-18)9-10-20-11-13-21(14-12-20)22-15-16-23(25)24(26)17-22/h2,15-21H,1,3-14H2. The van der Waals surface area contributed by atoms with Crippen LogP contribution in [-0.4, -0.2) is 0 Å². The highest BCUT2D eigenvalue weighted by atomic mass is 35.5. The van der Waals surface area contributed by atoms with E-state index in [4.69, 9.17) is 11.6 Å². The highest BCUT2D eigenvalue weighted by Gasteiger charge is 2.25. The second-order valence-corrected chi connectivity index (χ2v) is 9.13. The molecule has 3 rings (SSSR count). The minimum Gasteiger partial charge on any atom is -0.205 e. The molecule has 0 heterocycles. The summed E-state index contributed by atoms with van der Waals surface area (Å²) in [6.07, 6.45) is 18.3. The van der Waals surface area contributed by atoms with Crippen molar-refractivity contribution in [2.45, 2.75) is 83.0 Å². The summed E-state index contributed by atoms with van der Waals surface area (Å²) >= 11 is 5.81. The fraction of sp³-hybridized carbons (Fsp3) is 0.667. The summed E-state index contributed by atoms with van der Waals surface area (Å²) < 4.78 is 13.7. The Kier molecular flexibility index (Phi) is 7.61. The first kappa shape index (κ1) is 19.9. The van der Waals surface area contributed by atoms with Crippen LogP contribution in [0.2, 0.25) is 5.02 Å². The van der Waals surface area contributed by atoms with Crippen molar-refractivity contribution in [3.8, 4) is 0 Å². The van der Waals surface area contributed by atoms with E-state index in [-0.39, 0.29) is 10.8 Å². The minimum atomic E-state index is -0.269. The molecule has 2 fully saturated rings. The Balaban J connectivity index is 1.35. The fourth-order valence-electron chi connectivity index (χ4n) is 5.18. The van der Waals surface area contributed by atoms with Gasteiger partial charge in [0, 0.05) is 0 Å². The molecule has 26 heavy (non-hydrogen) atoms. The molecular weight excluding hydrogens is 343 g/mol. The monoisotopic (exact) mass is 376 g/mol. The molecule has 0 N–H and O–H groups in total. The highest BCUT2D eigenvalue weighted by molar-refractivity contribution is 6.30. The average molecular weight is 377 g/mol. The van der Waals surface area contributed by atoms with Gasteiger partial charge in [0.05, 0.1) is 5.02 Å². The van der Waals surface area contributed by atoms with Crippen LogP contribution in [0.4, 0.5) is 4.39 Å². The van der Waals surface area contributed by atoms with Gasteiger partial charge in [0.25, 0.3) is 0 Å². The van der Waals surface area contributed by atoms with Crippen molar-refractivity contribution in [1.29, 1.82) is 0 Å². The molecule has 2 saturated carbocycles. The second kappa shape index (κ2) is 9.93. The van der Waals surface area contributed by atoms with Crippen molar-refractivity contribution >= 4 is 11.6 Å². The molecule has 0 spiro atoms. The van der Waals surface area contributed by atoms with Crippen molar-refractivity contribution in [2.24, 2.45) is 17.8 Å². The lowest BCUT2D eigenvalue weighted by molar-refractivity contribution is 0.225. The quantitative estimate of drug-likeness (QED) is 0.419. The first-order valence-corrected chi connectivity index (χ1v) is 11.1. The predicted octanol–water partition coefficient (Wildman–Crippen LogP) is 8.31. The smallest absolute Gasteiger partial charge is 0.142 e. The van der Waals surface area contributed by atoms with Gasteiger partial charge in [0.2, 0.25) is 0 Å².